The molecule has 0 atom stereocenters. The normalized spacial score (nSPS) is 11.0. The first-order valence-electron chi connectivity index (χ1n) is 10.3. The number of hydrogen-bond acceptors (Lipinski definition) is 5. The molecule has 1 amide bonds. The molecule has 3 aromatic heterocycles. The molecule has 5 rings (SSSR count). The number of aromatic nitrogens is 4. The summed E-state index contributed by atoms with van der Waals surface area (Å²) in [5, 5.41) is 4.57. The molecule has 0 unspecified atom stereocenters. The average Bonchev–Trinajstić information content (AvgIpc) is 3.26. The number of methoxy groups -OCH3 is 1. The first kappa shape index (κ1) is 21.1. The molecule has 168 valence electrons. The van der Waals surface area contributed by atoms with Gasteiger partial charge in [0.1, 0.15) is 11.3 Å². The van der Waals surface area contributed by atoms with Crippen LogP contribution in [0.2, 0.25) is 0 Å². The fourth-order valence-electron chi connectivity index (χ4n) is 3.79. The van der Waals surface area contributed by atoms with E-state index in [9.17, 15) is 9.59 Å². The number of nitrogens with zero attached hydrogens (tertiary/aromatic N) is 4. The van der Waals surface area contributed by atoms with Gasteiger partial charge in [-0.15, -0.1) is 0 Å². The Balaban J connectivity index is 1.66. The Morgan fingerprint density at radius 2 is 1.76 bits per heavy atom. The Hall–Kier alpha value is -4.79. The predicted molar refractivity (Wildman–Crippen MR) is 125 cm³/mol. The van der Waals surface area contributed by atoms with Gasteiger partial charge in [0.2, 0.25) is 0 Å². The fraction of sp³-hybridized carbons (Fsp3) is 0.0400. The van der Waals surface area contributed by atoms with Crippen molar-refractivity contribution in [2.45, 2.75) is 0 Å². The topological polar surface area (TPSA) is 105 Å². The van der Waals surface area contributed by atoms with Crippen LogP contribution in [-0.4, -0.2) is 32.3 Å². The van der Waals surface area contributed by atoms with Crippen molar-refractivity contribution >= 4 is 16.8 Å². The van der Waals surface area contributed by atoms with Crippen molar-refractivity contribution in [3.8, 4) is 28.4 Å². The average molecular weight is 455 g/mol. The third-order valence-corrected chi connectivity index (χ3v) is 5.46. The first-order chi connectivity index (χ1) is 16.5. The zero-order valence-corrected chi connectivity index (χ0v) is 18.0. The van der Waals surface area contributed by atoms with Crippen LogP contribution in [0.15, 0.2) is 83.9 Å². The molecule has 3 heterocycles. The second kappa shape index (κ2) is 8.28. The van der Waals surface area contributed by atoms with E-state index >= 15 is 4.39 Å². The van der Waals surface area contributed by atoms with Gasteiger partial charge in [-0.05, 0) is 54.6 Å². The molecular formula is C25H18FN5O3. The summed E-state index contributed by atoms with van der Waals surface area (Å²) in [6, 6.07) is 18.1. The van der Waals surface area contributed by atoms with Crippen LogP contribution in [0.1, 0.15) is 10.5 Å². The zero-order chi connectivity index (χ0) is 23.8. The number of fused-ring (bicyclic) bond motifs is 1. The van der Waals surface area contributed by atoms with Crippen LogP contribution in [-0.2, 0) is 0 Å². The second-order valence-corrected chi connectivity index (χ2v) is 7.46. The molecule has 0 aliphatic heterocycles. The summed E-state index contributed by atoms with van der Waals surface area (Å²) < 4.78 is 23.8. The summed E-state index contributed by atoms with van der Waals surface area (Å²) in [7, 11) is 1.54. The lowest BCUT2D eigenvalue weighted by Crippen LogP contribution is -2.15. The van der Waals surface area contributed by atoms with Gasteiger partial charge >= 0.3 is 0 Å². The Bertz CT molecular complexity index is 1590. The van der Waals surface area contributed by atoms with E-state index in [4.69, 9.17) is 10.5 Å². The molecule has 5 aromatic rings. The largest absolute Gasteiger partial charge is 0.497 e. The van der Waals surface area contributed by atoms with E-state index in [1.807, 2.05) is 0 Å². The highest BCUT2D eigenvalue weighted by molar-refractivity contribution is 6.05. The Kier molecular flexibility index (Phi) is 5.14. The fourth-order valence-corrected chi connectivity index (χ4v) is 3.79. The molecule has 2 N–H and O–H groups in total. The number of carbonyl (C=O) groups excluding carboxylic acids is 1. The molecule has 0 saturated heterocycles. The molecular weight excluding hydrogens is 437 g/mol. The highest BCUT2D eigenvalue weighted by Gasteiger charge is 2.22. The molecule has 9 heteroatoms. The summed E-state index contributed by atoms with van der Waals surface area (Å²) >= 11 is 0. The number of amides is 1. The van der Waals surface area contributed by atoms with Crippen molar-refractivity contribution in [2.24, 2.45) is 5.73 Å². The number of ether oxygens (including phenoxy) is 1. The van der Waals surface area contributed by atoms with Gasteiger partial charge in [0, 0.05) is 23.2 Å². The number of nitrogens with two attached hydrogens (primary N) is 1. The Morgan fingerprint density at radius 1 is 1.00 bits per heavy atom. The maximum atomic E-state index is 15.9. The van der Waals surface area contributed by atoms with Crippen LogP contribution in [0.25, 0.3) is 33.5 Å². The predicted octanol–water partition coefficient (Wildman–Crippen LogP) is 3.49. The van der Waals surface area contributed by atoms with E-state index < -0.39 is 11.7 Å². The van der Waals surface area contributed by atoms with Crippen LogP contribution in [0, 0.1) is 5.82 Å². The van der Waals surface area contributed by atoms with Crippen molar-refractivity contribution < 1.29 is 13.9 Å². The lowest BCUT2D eigenvalue weighted by Gasteiger charge is -2.09. The maximum absolute atomic E-state index is 15.9. The lowest BCUT2D eigenvalue weighted by atomic mass is 10.1. The quantitative estimate of drug-likeness (QED) is 0.437. The van der Waals surface area contributed by atoms with Crippen LogP contribution in [0.4, 0.5) is 4.39 Å². The van der Waals surface area contributed by atoms with Gasteiger partial charge in [-0.1, -0.05) is 6.07 Å². The standard InChI is InChI=1S/C25H18FN5O3/c1-34-17-8-5-15(6-9-17)31-24-19(23(29-31)25(27)33)11-10-18(22(24)26)20-12-7-16(14-28-20)30-13-3-2-4-21(30)32/h2-14H,1H3,(H2,27,33). The smallest absolute Gasteiger partial charge is 0.269 e. The molecule has 0 fully saturated rings. The number of carbonyl (C=O) groups is 1. The first-order valence-corrected chi connectivity index (χ1v) is 10.3. The molecule has 0 saturated carbocycles. The number of hydrogen-bond donors (Lipinski definition) is 1. The molecule has 0 spiro atoms. The highest BCUT2D eigenvalue weighted by Crippen LogP contribution is 2.32. The van der Waals surface area contributed by atoms with E-state index in [1.54, 1.807) is 67.9 Å². The van der Waals surface area contributed by atoms with Gasteiger partial charge in [0.25, 0.3) is 11.5 Å². The number of rotatable bonds is 5. The van der Waals surface area contributed by atoms with Crippen LogP contribution < -0.4 is 16.0 Å². The SMILES string of the molecule is COc1ccc(-n2nc(C(N)=O)c3ccc(-c4ccc(-n5ccccc5=O)cn4)c(F)c32)cc1. The highest BCUT2D eigenvalue weighted by atomic mass is 19.1. The van der Waals surface area contributed by atoms with Crippen LogP contribution >= 0.6 is 0 Å². The number of primary amides is 1. The summed E-state index contributed by atoms with van der Waals surface area (Å²) in [5.74, 6) is -0.746. The minimum atomic E-state index is -0.764. The van der Waals surface area contributed by atoms with E-state index in [1.165, 1.54) is 27.6 Å². The monoisotopic (exact) mass is 455 g/mol. The van der Waals surface area contributed by atoms with Gasteiger partial charge in [-0.3, -0.25) is 19.1 Å². The van der Waals surface area contributed by atoms with E-state index in [0.717, 1.165) is 0 Å². The number of halogens is 1. The van der Waals surface area contributed by atoms with Gasteiger partial charge in [0.05, 0.1) is 30.4 Å². The van der Waals surface area contributed by atoms with Gasteiger partial charge in [-0.25, -0.2) is 9.07 Å². The molecule has 0 radical (unpaired) electrons. The van der Waals surface area contributed by atoms with Crippen LogP contribution in [0.3, 0.4) is 0 Å². The third kappa shape index (κ3) is 3.49. The van der Waals surface area contributed by atoms with Crippen molar-refractivity contribution in [1.29, 1.82) is 0 Å². The Morgan fingerprint density at radius 3 is 2.41 bits per heavy atom. The van der Waals surface area contributed by atoms with Crippen molar-refractivity contribution in [3.05, 3.63) is 101 Å². The number of pyridine rings is 2. The van der Waals surface area contributed by atoms with Crippen molar-refractivity contribution in [1.82, 2.24) is 19.3 Å². The minimum absolute atomic E-state index is 0.0389. The molecule has 8 nitrogen and oxygen atoms in total. The third-order valence-electron chi connectivity index (χ3n) is 5.46. The van der Waals surface area contributed by atoms with Gasteiger partial charge in [-0.2, -0.15) is 5.10 Å². The maximum Gasteiger partial charge on any atom is 0.269 e. The summed E-state index contributed by atoms with van der Waals surface area (Å²) in [6.07, 6.45) is 3.13. The minimum Gasteiger partial charge on any atom is -0.497 e. The second-order valence-electron chi connectivity index (χ2n) is 7.46. The molecule has 34 heavy (non-hydrogen) atoms. The molecule has 0 aliphatic carbocycles. The van der Waals surface area contributed by atoms with Gasteiger partial charge in [0.15, 0.2) is 11.5 Å². The molecule has 0 bridgehead atoms. The summed E-state index contributed by atoms with van der Waals surface area (Å²) in [4.78, 5) is 28.4. The van der Waals surface area contributed by atoms with E-state index in [2.05, 4.69) is 10.1 Å². The zero-order valence-electron chi connectivity index (χ0n) is 18.0. The Labute approximate surface area is 192 Å². The lowest BCUT2D eigenvalue weighted by molar-refractivity contribution is 0.0996. The number of benzene rings is 2. The summed E-state index contributed by atoms with van der Waals surface area (Å²) in [5.41, 5.74) is 7.01. The van der Waals surface area contributed by atoms with Gasteiger partial charge < -0.3 is 10.5 Å². The van der Waals surface area contributed by atoms with Crippen molar-refractivity contribution in [2.75, 3.05) is 7.11 Å². The van der Waals surface area contributed by atoms with Crippen molar-refractivity contribution in [3.63, 3.8) is 0 Å². The molecule has 0 aliphatic rings. The van der Waals surface area contributed by atoms with E-state index in [0.29, 0.717) is 22.8 Å². The van der Waals surface area contributed by atoms with Crippen LogP contribution in [0.5, 0.6) is 5.75 Å². The summed E-state index contributed by atoms with van der Waals surface area (Å²) in [6.45, 7) is 0. The molecule has 2 aromatic carbocycles. The van der Waals surface area contributed by atoms with E-state index in [-0.39, 0.29) is 27.7 Å².